The van der Waals surface area contributed by atoms with Crippen LogP contribution in [0.1, 0.15) is 24.6 Å². The first kappa shape index (κ1) is 12.7. The first-order valence-electron chi connectivity index (χ1n) is 6.24. The predicted octanol–water partition coefficient (Wildman–Crippen LogP) is 3.11. The summed E-state index contributed by atoms with van der Waals surface area (Å²) in [6.07, 6.45) is 2.03. The molecule has 19 heavy (non-hydrogen) atoms. The van der Waals surface area contributed by atoms with Crippen LogP contribution in [0.5, 0.6) is 0 Å². The molecule has 1 aliphatic rings. The van der Waals surface area contributed by atoms with Crippen molar-refractivity contribution in [2.45, 2.75) is 18.8 Å². The molecule has 1 N–H and O–H groups in total. The van der Waals surface area contributed by atoms with Gasteiger partial charge in [0.15, 0.2) is 5.82 Å². The van der Waals surface area contributed by atoms with Crippen molar-refractivity contribution in [3.8, 4) is 11.5 Å². The summed E-state index contributed by atoms with van der Waals surface area (Å²) in [5.74, 6) is 1.22. The van der Waals surface area contributed by atoms with Crippen LogP contribution in [-0.4, -0.2) is 23.2 Å². The summed E-state index contributed by atoms with van der Waals surface area (Å²) in [5.41, 5.74) is 0.717. The third kappa shape index (κ3) is 2.69. The monoisotopic (exact) mass is 325 g/mol. The van der Waals surface area contributed by atoms with Crippen LogP contribution in [0.2, 0.25) is 0 Å². The van der Waals surface area contributed by atoms with Crippen molar-refractivity contribution in [2.75, 3.05) is 13.1 Å². The van der Waals surface area contributed by atoms with Crippen LogP contribution in [0.25, 0.3) is 11.5 Å². The van der Waals surface area contributed by atoms with Crippen molar-refractivity contribution in [1.82, 2.24) is 15.5 Å². The molecule has 0 aliphatic carbocycles. The van der Waals surface area contributed by atoms with E-state index in [4.69, 9.17) is 4.52 Å². The van der Waals surface area contributed by atoms with Crippen molar-refractivity contribution in [1.29, 1.82) is 0 Å². The zero-order valence-electron chi connectivity index (χ0n) is 10.2. The van der Waals surface area contributed by atoms with Gasteiger partial charge in [0.2, 0.25) is 0 Å². The van der Waals surface area contributed by atoms with Gasteiger partial charge in [-0.15, -0.1) is 0 Å². The normalized spacial score (nSPS) is 16.7. The van der Waals surface area contributed by atoms with Crippen LogP contribution in [0.4, 0.5) is 4.39 Å². The molecule has 0 unspecified atom stereocenters. The van der Waals surface area contributed by atoms with Gasteiger partial charge in [-0.1, -0.05) is 5.16 Å². The van der Waals surface area contributed by atoms with Gasteiger partial charge < -0.3 is 9.84 Å². The van der Waals surface area contributed by atoms with Crippen molar-refractivity contribution in [3.05, 3.63) is 34.3 Å². The van der Waals surface area contributed by atoms with Crippen LogP contribution >= 0.6 is 15.9 Å². The topological polar surface area (TPSA) is 51.0 Å². The van der Waals surface area contributed by atoms with E-state index in [1.165, 1.54) is 12.1 Å². The number of nitrogens with one attached hydrogen (secondary N) is 1. The summed E-state index contributed by atoms with van der Waals surface area (Å²) < 4.78 is 19.0. The highest BCUT2D eigenvalue weighted by Crippen LogP contribution is 2.30. The molecule has 4 nitrogen and oxygen atoms in total. The molecule has 1 saturated heterocycles. The molecule has 0 amide bonds. The first-order valence-corrected chi connectivity index (χ1v) is 7.03. The lowest BCUT2D eigenvalue weighted by molar-refractivity contribution is 0.392. The molecule has 0 saturated carbocycles. The summed E-state index contributed by atoms with van der Waals surface area (Å²) in [5, 5.41) is 7.35. The number of halogens is 2. The maximum absolute atomic E-state index is 13.1. The molecule has 1 aromatic carbocycles. The van der Waals surface area contributed by atoms with Crippen LogP contribution in [0.15, 0.2) is 27.2 Å². The van der Waals surface area contributed by atoms with E-state index in [0.717, 1.165) is 31.8 Å². The quantitative estimate of drug-likeness (QED) is 0.921. The lowest BCUT2D eigenvalue weighted by Crippen LogP contribution is -2.27. The Kier molecular flexibility index (Phi) is 3.61. The number of piperidine rings is 1. The standard InChI is InChI=1S/C13H13BrFN3O/c14-11-7-9(15)1-2-10(11)13-17-12(18-19-13)8-3-5-16-6-4-8/h1-2,7-8,16H,3-6H2. The van der Waals surface area contributed by atoms with Gasteiger partial charge in [-0.25, -0.2) is 4.39 Å². The summed E-state index contributed by atoms with van der Waals surface area (Å²) in [6, 6.07) is 4.41. The summed E-state index contributed by atoms with van der Waals surface area (Å²) in [6.45, 7) is 1.96. The van der Waals surface area contributed by atoms with E-state index < -0.39 is 0 Å². The molecule has 0 spiro atoms. The second-order valence-corrected chi connectivity index (χ2v) is 5.46. The van der Waals surface area contributed by atoms with E-state index in [1.54, 1.807) is 6.07 Å². The molecule has 6 heteroatoms. The molecule has 1 aliphatic heterocycles. The third-order valence-corrected chi connectivity index (χ3v) is 3.96. The molecular weight excluding hydrogens is 313 g/mol. The first-order chi connectivity index (χ1) is 9.24. The van der Waals surface area contributed by atoms with E-state index >= 15 is 0 Å². The van der Waals surface area contributed by atoms with Crippen molar-refractivity contribution in [3.63, 3.8) is 0 Å². The molecule has 0 bridgehead atoms. The minimum atomic E-state index is -0.297. The van der Waals surface area contributed by atoms with Crippen LogP contribution < -0.4 is 5.32 Å². The van der Waals surface area contributed by atoms with Gasteiger partial charge in [-0.2, -0.15) is 4.98 Å². The Hall–Kier alpha value is -1.27. The number of hydrogen-bond donors (Lipinski definition) is 1. The fourth-order valence-corrected chi connectivity index (χ4v) is 2.77. The maximum Gasteiger partial charge on any atom is 0.259 e. The minimum Gasteiger partial charge on any atom is -0.334 e. The highest BCUT2D eigenvalue weighted by molar-refractivity contribution is 9.10. The average Bonchev–Trinajstić information content (AvgIpc) is 2.89. The number of hydrogen-bond acceptors (Lipinski definition) is 4. The molecular formula is C13H13BrFN3O. The van der Waals surface area contributed by atoms with Gasteiger partial charge in [-0.05, 0) is 60.1 Å². The summed E-state index contributed by atoms with van der Waals surface area (Å²) >= 11 is 3.31. The van der Waals surface area contributed by atoms with Crippen LogP contribution in [0, 0.1) is 5.82 Å². The van der Waals surface area contributed by atoms with Crippen molar-refractivity contribution in [2.24, 2.45) is 0 Å². The second kappa shape index (κ2) is 5.38. The SMILES string of the molecule is Fc1ccc(-c2nc(C3CCNCC3)no2)c(Br)c1. The fraction of sp³-hybridized carbons (Fsp3) is 0.385. The van der Waals surface area contributed by atoms with Gasteiger partial charge in [-0.3, -0.25) is 0 Å². The molecule has 1 aromatic heterocycles. The van der Waals surface area contributed by atoms with Crippen molar-refractivity contribution < 1.29 is 8.91 Å². The van der Waals surface area contributed by atoms with E-state index in [-0.39, 0.29) is 5.82 Å². The number of benzene rings is 1. The van der Waals surface area contributed by atoms with E-state index in [1.807, 2.05) is 0 Å². The highest BCUT2D eigenvalue weighted by atomic mass is 79.9. The Bertz CT molecular complexity index is 581. The Morgan fingerprint density at radius 1 is 1.32 bits per heavy atom. The molecule has 3 rings (SSSR count). The summed E-state index contributed by atoms with van der Waals surface area (Å²) in [7, 11) is 0. The number of nitrogens with zero attached hydrogens (tertiary/aromatic N) is 2. The van der Waals surface area contributed by atoms with E-state index in [2.05, 4.69) is 31.4 Å². The molecule has 0 atom stereocenters. The highest BCUT2D eigenvalue weighted by Gasteiger charge is 2.21. The van der Waals surface area contributed by atoms with Crippen LogP contribution in [0.3, 0.4) is 0 Å². The van der Waals surface area contributed by atoms with E-state index in [9.17, 15) is 4.39 Å². The minimum absolute atomic E-state index is 0.297. The zero-order chi connectivity index (χ0) is 13.2. The maximum atomic E-state index is 13.1. The average molecular weight is 326 g/mol. The van der Waals surface area contributed by atoms with Gasteiger partial charge >= 0.3 is 0 Å². The predicted molar refractivity (Wildman–Crippen MR) is 72.2 cm³/mol. The third-order valence-electron chi connectivity index (χ3n) is 3.31. The molecule has 1 fully saturated rings. The van der Waals surface area contributed by atoms with Crippen molar-refractivity contribution >= 4 is 15.9 Å². The van der Waals surface area contributed by atoms with E-state index in [0.29, 0.717) is 21.8 Å². The molecule has 2 aromatic rings. The molecule has 100 valence electrons. The Morgan fingerprint density at radius 2 is 2.11 bits per heavy atom. The Morgan fingerprint density at radius 3 is 2.84 bits per heavy atom. The molecule has 2 heterocycles. The van der Waals surface area contributed by atoms with Gasteiger partial charge in [0.1, 0.15) is 5.82 Å². The number of rotatable bonds is 2. The zero-order valence-corrected chi connectivity index (χ0v) is 11.8. The second-order valence-electron chi connectivity index (χ2n) is 4.61. The van der Waals surface area contributed by atoms with Gasteiger partial charge in [0.05, 0.1) is 5.56 Å². The summed E-state index contributed by atoms with van der Waals surface area (Å²) in [4.78, 5) is 4.44. The molecule has 0 radical (unpaired) electrons. The fourth-order valence-electron chi connectivity index (χ4n) is 2.25. The Labute approximate surface area is 118 Å². The number of aromatic nitrogens is 2. The van der Waals surface area contributed by atoms with Gasteiger partial charge in [0.25, 0.3) is 5.89 Å². The Balaban J connectivity index is 1.87. The van der Waals surface area contributed by atoms with Crippen LogP contribution in [-0.2, 0) is 0 Å². The van der Waals surface area contributed by atoms with Gasteiger partial charge in [0, 0.05) is 10.4 Å². The largest absolute Gasteiger partial charge is 0.334 e. The smallest absolute Gasteiger partial charge is 0.259 e. The lowest BCUT2D eigenvalue weighted by atomic mass is 9.98. The lowest BCUT2D eigenvalue weighted by Gasteiger charge is -2.18.